The van der Waals surface area contributed by atoms with Gasteiger partial charge in [0, 0.05) is 12.5 Å². The van der Waals surface area contributed by atoms with Crippen molar-refractivity contribution >= 4 is 13.7 Å². The van der Waals surface area contributed by atoms with Crippen LogP contribution in [0.2, 0.25) is 0 Å². The van der Waals surface area contributed by atoms with Crippen LogP contribution in [0.1, 0.15) is 97.3 Å². The Labute approximate surface area is 165 Å². The maximum absolute atomic E-state index is 11.7. The van der Waals surface area contributed by atoms with Crippen molar-refractivity contribution in [1.29, 1.82) is 0 Å². The molecule has 160 valence electrons. The van der Waals surface area contributed by atoms with Crippen LogP contribution in [-0.4, -0.2) is 28.3 Å². The van der Waals surface area contributed by atoms with E-state index in [-0.39, 0.29) is 12.5 Å². The molecule has 0 aromatic rings. The monoisotopic (exact) mass is 405 g/mol. The van der Waals surface area contributed by atoms with E-state index in [1.165, 1.54) is 44.9 Å². The maximum atomic E-state index is 11.7. The molecule has 3 N–H and O–H groups in total. The number of unbranched alkanes of at least 4 members (excludes halogenated alkanes) is 10. The van der Waals surface area contributed by atoms with Crippen molar-refractivity contribution in [3.05, 3.63) is 12.2 Å². The minimum atomic E-state index is -4.47. The number of hydrogen-bond acceptors (Lipinski definition) is 3. The molecular weight excluding hydrogens is 365 g/mol. The van der Waals surface area contributed by atoms with Crippen molar-refractivity contribution in [2.45, 2.75) is 103 Å². The number of amides is 1. The Morgan fingerprint density at radius 3 is 2.04 bits per heavy atom. The van der Waals surface area contributed by atoms with Crippen LogP contribution in [0.5, 0.6) is 0 Å². The van der Waals surface area contributed by atoms with Crippen molar-refractivity contribution in [1.82, 2.24) is 5.32 Å². The van der Waals surface area contributed by atoms with Gasteiger partial charge in [-0.1, -0.05) is 64.0 Å². The van der Waals surface area contributed by atoms with Crippen molar-refractivity contribution < 1.29 is 23.7 Å². The summed E-state index contributed by atoms with van der Waals surface area (Å²) in [5.41, 5.74) is 0. The second kappa shape index (κ2) is 17.4. The third-order valence-electron chi connectivity index (χ3n) is 4.32. The van der Waals surface area contributed by atoms with E-state index >= 15 is 0 Å². The second-order valence-corrected chi connectivity index (χ2v) is 8.47. The molecule has 0 saturated carbocycles. The minimum absolute atomic E-state index is 0.101. The Morgan fingerprint density at radius 2 is 1.48 bits per heavy atom. The van der Waals surface area contributed by atoms with Gasteiger partial charge in [0.2, 0.25) is 5.91 Å². The summed E-state index contributed by atoms with van der Waals surface area (Å²) in [5.74, 6) is -0.101. The fourth-order valence-corrected chi connectivity index (χ4v) is 3.19. The summed E-state index contributed by atoms with van der Waals surface area (Å²) in [4.78, 5) is 29.0. The summed E-state index contributed by atoms with van der Waals surface area (Å²) in [6, 6.07) is -0.415. The number of nitrogens with one attached hydrogen (secondary N) is 1. The van der Waals surface area contributed by atoms with Crippen LogP contribution in [0.25, 0.3) is 0 Å². The first kappa shape index (κ1) is 26.3. The van der Waals surface area contributed by atoms with Gasteiger partial charge in [0.15, 0.2) is 0 Å². The first-order valence-electron chi connectivity index (χ1n) is 10.5. The molecule has 0 aliphatic rings. The van der Waals surface area contributed by atoms with E-state index in [0.717, 1.165) is 32.1 Å². The van der Waals surface area contributed by atoms with Gasteiger partial charge in [-0.25, -0.2) is 4.57 Å². The lowest BCUT2D eigenvalue weighted by molar-refractivity contribution is -0.122. The number of carbonyl (C=O) groups excluding carboxylic acids is 1. The fourth-order valence-electron chi connectivity index (χ4n) is 2.78. The van der Waals surface area contributed by atoms with E-state index in [0.29, 0.717) is 6.42 Å². The summed E-state index contributed by atoms with van der Waals surface area (Å²) >= 11 is 0. The lowest BCUT2D eigenvalue weighted by atomic mass is 10.1. The van der Waals surface area contributed by atoms with Gasteiger partial charge in [0.1, 0.15) is 0 Å². The Balaban J connectivity index is 3.41. The molecule has 0 saturated heterocycles. The van der Waals surface area contributed by atoms with Gasteiger partial charge < -0.3 is 15.1 Å². The molecule has 0 aliphatic carbocycles. The number of carbonyl (C=O) groups is 1. The summed E-state index contributed by atoms with van der Waals surface area (Å²) in [7, 11) is -4.47. The normalized spacial score (nSPS) is 13.2. The van der Waals surface area contributed by atoms with E-state index in [2.05, 4.69) is 28.9 Å². The smallest absolute Gasteiger partial charge is 0.351 e. The van der Waals surface area contributed by atoms with Crippen molar-refractivity contribution in [3.63, 3.8) is 0 Å². The summed E-state index contributed by atoms with van der Waals surface area (Å²) < 4.78 is 15.0. The second-order valence-electron chi connectivity index (χ2n) is 7.24. The molecule has 0 unspecified atom stereocenters. The number of allylic oxidation sites excluding steroid dienone is 2. The zero-order chi connectivity index (χ0) is 20.4. The molecule has 0 heterocycles. The molecule has 1 amide bonds. The number of phosphoric acid groups is 1. The standard InChI is InChI=1S/C20H40NO5P/c1-3-4-5-6-7-8-9-10-11-12-13-14-15-16-17-20(22)21-19(2)18-26-27(23,24)25/h10-11,19H,3-9,12-18H2,1-2H3,(H,21,22)(H2,23,24,25)/b11-10-/t19-/m0/s1. The van der Waals surface area contributed by atoms with Crippen LogP contribution < -0.4 is 5.32 Å². The molecule has 0 radical (unpaired) electrons. The lowest BCUT2D eigenvalue weighted by Gasteiger charge is -2.14. The largest absolute Gasteiger partial charge is 0.469 e. The van der Waals surface area contributed by atoms with E-state index in [4.69, 9.17) is 9.79 Å². The molecule has 0 bridgehead atoms. The third-order valence-corrected chi connectivity index (χ3v) is 4.80. The Kier molecular flexibility index (Phi) is 17.0. The van der Waals surface area contributed by atoms with Crippen LogP contribution in [0.15, 0.2) is 12.2 Å². The SMILES string of the molecule is CCCCCCCC/C=C\CCCCCCC(=O)N[C@@H](C)COP(=O)(O)O. The van der Waals surface area contributed by atoms with Gasteiger partial charge in [0.25, 0.3) is 0 Å². The molecule has 0 rings (SSSR count). The van der Waals surface area contributed by atoms with E-state index < -0.39 is 13.9 Å². The van der Waals surface area contributed by atoms with Crippen LogP contribution in [0.4, 0.5) is 0 Å². The van der Waals surface area contributed by atoms with Crippen molar-refractivity contribution in [2.75, 3.05) is 6.61 Å². The average Bonchev–Trinajstić information content (AvgIpc) is 2.59. The molecule has 1 atom stereocenters. The summed E-state index contributed by atoms with van der Waals surface area (Å²) in [6.45, 7) is 3.71. The third kappa shape index (κ3) is 21.5. The highest BCUT2D eigenvalue weighted by Gasteiger charge is 2.16. The predicted octanol–water partition coefficient (Wildman–Crippen LogP) is 5.25. The molecule has 6 nitrogen and oxygen atoms in total. The molecular formula is C20H40NO5P. The zero-order valence-electron chi connectivity index (χ0n) is 17.2. The first-order valence-corrected chi connectivity index (χ1v) is 12.0. The molecule has 0 aromatic carbocycles. The van der Waals surface area contributed by atoms with Gasteiger partial charge in [-0.2, -0.15) is 0 Å². The highest BCUT2D eigenvalue weighted by Crippen LogP contribution is 2.35. The molecule has 7 heteroatoms. The van der Waals surface area contributed by atoms with Crippen LogP contribution in [0, 0.1) is 0 Å². The van der Waals surface area contributed by atoms with Crippen molar-refractivity contribution in [3.8, 4) is 0 Å². The molecule has 0 spiro atoms. The highest BCUT2D eigenvalue weighted by molar-refractivity contribution is 7.46. The van der Waals surface area contributed by atoms with Gasteiger partial charge >= 0.3 is 7.82 Å². The maximum Gasteiger partial charge on any atom is 0.469 e. The molecule has 0 aliphatic heterocycles. The van der Waals surface area contributed by atoms with E-state index in [9.17, 15) is 9.36 Å². The minimum Gasteiger partial charge on any atom is -0.351 e. The molecule has 0 fully saturated rings. The lowest BCUT2D eigenvalue weighted by Crippen LogP contribution is -2.35. The van der Waals surface area contributed by atoms with Gasteiger partial charge in [0.05, 0.1) is 6.61 Å². The Morgan fingerprint density at radius 1 is 0.963 bits per heavy atom. The van der Waals surface area contributed by atoms with Gasteiger partial charge in [-0.05, 0) is 39.0 Å². The van der Waals surface area contributed by atoms with Crippen molar-refractivity contribution in [2.24, 2.45) is 0 Å². The Bertz CT molecular complexity index is 436. The van der Waals surface area contributed by atoms with Crippen LogP contribution in [-0.2, 0) is 13.9 Å². The predicted molar refractivity (Wildman–Crippen MR) is 110 cm³/mol. The molecule has 0 aromatic heterocycles. The highest BCUT2D eigenvalue weighted by atomic mass is 31.2. The first-order chi connectivity index (χ1) is 12.8. The average molecular weight is 406 g/mol. The van der Waals surface area contributed by atoms with Crippen LogP contribution >= 0.6 is 7.82 Å². The van der Waals surface area contributed by atoms with Crippen LogP contribution in [0.3, 0.4) is 0 Å². The number of rotatable bonds is 18. The quantitative estimate of drug-likeness (QED) is 0.164. The summed E-state index contributed by atoms with van der Waals surface area (Å²) in [5, 5.41) is 2.68. The summed E-state index contributed by atoms with van der Waals surface area (Å²) in [6.07, 6.45) is 19.5. The molecule has 27 heavy (non-hydrogen) atoms. The Hall–Kier alpha value is -0.680. The zero-order valence-corrected chi connectivity index (χ0v) is 18.1. The van der Waals surface area contributed by atoms with Gasteiger partial charge in [-0.15, -0.1) is 0 Å². The van der Waals surface area contributed by atoms with Gasteiger partial charge in [-0.3, -0.25) is 9.32 Å². The number of phosphoric ester groups is 1. The van der Waals surface area contributed by atoms with E-state index in [1.54, 1.807) is 6.92 Å². The fraction of sp³-hybridized carbons (Fsp3) is 0.850. The topological polar surface area (TPSA) is 95.9 Å². The van der Waals surface area contributed by atoms with E-state index in [1.807, 2.05) is 0 Å². The number of hydrogen-bond donors (Lipinski definition) is 3.